The van der Waals surface area contributed by atoms with Crippen molar-refractivity contribution in [3.05, 3.63) is 12.2 Å². The van der Waals surface area contributed by atoms with Gasteiger partial charge < -0.3 is 14.6 Å². The van der Waals surface area contributed by atoms with Gasteiger partial charge in [0.25, 0.3) is 0 Å². The molecule has 0 saturated carbocycles. The van der Waals surface area contributed by atoms with Gasteiger partial charge in [-0.15, -0.1) is 0 Å². The molecule has 0 aliphatic carbocycles. The van der Waals surface area contributed by atoms with Crippen LogP contribution in [0.15, 0.2) is 12.2 Å². The van der Waals surface area contributed by atoms with Crippen LogP contribution < -0.4 is 0 Å². The first-order valence-corrected chi connectivity index (χ1v) is 12.1. The number of aliphatic hydroxyl groups is 1. The second kappa shape index (κ2) is 13.0. The summed E-state index contributed by atoms with van der Waals surface area (Å²) in [5, 5.41) is 9.36. The van der Waals surface area contributed by atoms with E-state index in [1.54, 1.807) is 0 Å². The average Bonchev–Trinajstić information content (AvgIpc) is 3.28. The minimum Gasteiger partial charge on any atom is -0.396 e. The number of unbranched alkanes of at least 4 members (excludes halogenated alkanes) is 4. The maximum absolute atomic E-state index is 9.36. The van der Waals surface area contributed by atoms with Crippen LogP contribution in [0.25, 0.3) is 0 Å². The van der Waals surface area contributed by atoms with E-state index in [1.807, 2.05) is 0 Å². The molecule has 0 spiro atoms. The van der Waals surface area contributed by atoms with Crippen molar-refractivity contribution in [3.8, 4) is 0 Å². The lowest BCUT2D eigenvalue weighted by atomic mass is 9.75. The average molecular weight is 395 g/mol. The van der Waals surface area contributed by atoms with Crippen LogP contribution in [-0.4, -0.2) is 37.1 Å². The number of fused-ring (bicyclic) bond motifs is 2. The SMILES string of the molecule is CCCCCCOCCCC[C@H]1[C@@H](C/C=C\CCC(C)(C)CO)[C@H]2CC[C@@H]1O2. The second-order valence-corrected chi connectivity index (χ2v) is 9.85. The molecule has 2 fully saturated rings. The van der Waals surface area contributed by atoms with Crippen molar-refractivity contribution in [2.75, 3.05) is 19.8 Å². The molecule has 2 rings (SSSR count). The molecule has 2 aliphatic heterocycles. The van der Waals surface area contributed by atoms with Crippen molar-refractivity contribution in [3.63, 3.8) is 0 Å². The highest BCUT2D eigenvalue weighted by atomic mass is 16.5. The summed E-state index contributed by atoms with van der Waals surface area (Å²) < 4.78 is 12.1. The van der Waals surface area contributed by atoms with Gasteiger partial charge in [0.15, 0.2) is 0 Å². The molecule has 4 atom stereocenters. The summed E-state index contributed by atoms with van der Waals surface area (Å²) >= 11 is 0. The van der Waals surface area contributed by atoms with Gasteiger partial charge in [0.1, 0.15) is 0 Å². The Morgan fingerprint density at radius 2 is 1.68 bits per heavy atom. The van der Waals surface area contributed by atoms with E-state index in [1.165, 1.54) is 64.2 Å². The molecule has 2 saturated heterocycles. The lowest BCUT2D eigenvalue weighted by Gasteiger charge is -2.27. The van der Waals surface area contributed by atoms with Gasteiger partial charge in [-0.1, -0.05) is 58.6 Å². The summed E-state index contributed by atoms with van der Waals surface area (Å²) in [5.41, 5.74) is 0.0421. The highest BCUT2D eigenvalue weighted by Gasteiger charge is 2.47. The Morgan fingerprint density at radius 1 is 0.964 bits per heavy atom. The number of ether oxygens (including phenoxy) is 2. The molecule has 0 radical (unpaired) electrons. The third-order valence-electron chi connectivity index (χ3n) is 6.80. The van der Waals surface area contributed by atoms with Crippen molar-refractivity contribution < 1.29 is 14.6 Å². The molecule has 0 aromatic heterocycles. The van der Waals surface area contributed by atoms with Gasteiger partial charge >= 0.3 is 0 Å². The summed E-state index contributed by atoms with van der Waals surface area (Å²) in [6.45, 7) is 8.66. The molecule has 164 valence electrons. The molecule has 0 unspecified atom stereocenters. The molecule has 2 aliphatic rings. The zero-order valence-corrected chi connectivity index (χ0v) is 18.8. The number of hydrogen-bond donors (Lipinski definition) is 1. The predicted molar refractivity (Wildman–Crippen MR) is 118 cm³/mol. The minimum absolute atomic E-state index is 0.0421. The first kappa shape index (κ1) is 23.9. The third-order valence-corrected chi connectivity index (χ3v) is 6.80. The van der Waals surface area contributed by atoms with Crippen LogP contribution >= 0.6 is 0 Å². The minimum atomic E-state index is 0.0421. The smallest absolute Gasteiger partial charge is 0.0614 e. The summed E-state index contributed by atoms with van der Waals surface area (Å²) in [7, 11) is 0. The molecule has 3 nitrogen and oxygen atoms in total. The fourth-order valence-electron chi connectivity index (χ4n) is 4.84. The standard InChI is InChI=1S/C25H46O3/c1-4-5-6-11-18-27-19-12-9-14-22-21(23-15-16-24(22)28-23)13-8-7-10-17-25(2,3)20-26/h7-8,21-24,26H,4-6,9-20H2,1-3H3/b8-7-/t21-,22+,23-,24+/m1/s1. The quantitative estimate of drug-likeness (QED) is 0.247. The lowest BCUT2D eigenvalue weighted by molar-refractivity contribution is 0.0855. The summed E-state index contributed by atoms with van der Waals surface area (Å²) in [5.74, 6) is 1.47. The highest BCUT2D eigenvalue weighted by molar-refractivity contribution is 4.99. The van der Waals surface area contributed by atoms with Gasteiger partial charge in [-0.3, -0.25) is 0 Å². The Hall–Kier alpha value is -0.380. The molecule has 2 bridgehead atoms. The topological polar surface area (TPSA) is 38.7 Å². The first-order chi connectivity index (χ1) is 13.6. The molecule has 2 heterocycles. The summed E-state index contributed by atoms with van der Waals surface area (Å²) in [6, 6.07) is 0. The van der Waals surface area contributed by atoms with Crippen molar-refractivity contribution >= 4 is 0 Å². The fraction of sp³-hybridized carbons (Fsp3) is 0.920. The number of aliphatic hydroxyl groups excluding tert-OH is 1. The summed E-state index contributed by atoms with van der Waals surface area (Å²) in [4.78, 5) is 0. The number of rotatable bonds is 16. The maximum Gasteiger partial charge on any atom is 0.0614 e. The van der Waals surface area contributed by atoms with Crippen molar-refractivity contribution in [1.29, 1.82) is 0 Å². The van der Waals surface area contributed by atoms with Crippen LogP contribution in [0.4, 0.5) is 0 Å². The van der Waals surface area contributed by atoms with Crippen molar-refractivity contribution in [2.45, 2.75) is 110 Å². The van der Waals surface area contributed by atoms with E-state index in [9.17, 15) is 5.11 Å². The Kier molecular flexibility index (Phi) is 11.1. The van der Waals surface area contributed by atoms with Gasteiger partial charge in [0.2, 0.25) is 0 Å². The van der Waals surface area contributed by atoms with Gasteiger partial charge in [0.05, 0.1) is 12.2 Å². The van der Waals surface area contributed by atoms with Crippen LogP contribution in [0.2, 0.25) is 0 Å². The Balaban J connectivity index is 1.60. The molecule has 3 heteroatoms. The van der Waals surface area contributed by atoms with Crippen LogP contribution in [0, 0.1) is 17.3 Å². The predicted octanol–water partition coefficient (Wildman–Crippen LogP) is 6.29. The van der Waals surface area contributed by atoms with Crippen LogP contribution in [0.1, 0.15) is 97.8 Å². The molecule has 0 aromatic carbocycles. The first-order valence-electron chi connectivity index (χ1n) is 12.1. The highest BCUT2D eigenvalue weighted by Crippen LogP contribution is 2.47. The third kappa shape index (κ3) is 8.16. The van der Waals surface area contributed by atoms with Crippen molar-refractivity contribution in [2.24, 2.45) is 17.3 Å². The zero-order chi connectivity index (χ0) is 20.2. The molecular formula is C25H46O3. The Bertz CT molecular complexity index is 432. The number of hydrogen-bond acceptors (Lipinski definition) is 3. The molecule has 1 N–H and O–H groups in total. The van der Waals surface area contributed by atoms with Gasteiger partial charge in [-0.2, -0.15) is 0 Å². The number of allylic oxidation sites excluding steroid dienone is 2. The molecule has 0 amide bonds. The van der Waals surface area contributed by atoms with E-state index >= 15 is 0 Å². The fourth-order valence-corrected chi connectivity index (χ4v) is 4.84. The second-order valence-electron chi connectivity index (χ2n) is 9.85. The van der Waals surface area contributed by atoms with Crippen LogP contribution in [0.3, 0.4) is 0 Å². The normalized spacial score (nSPS) is 27.3. The van der Waals surface area contributed by atoms with Crippen LogP contribution in [0.5, 0.6) is 0 Å². The molecule has 28 heavy (non-hydrogen) atoms. The van der Waals surface area contributed by atoms with E-state index in [2.05, 4.69) is 32.9 Å². The van der Waals surface area contributed by atoms with E-state index in [-0.39, 0.29) is 12.0 Å². The maximum atomic E-state index is 9.36. The summed E-state index contributed by atoms with van der Waals surface area (Å²) in [6.07, 6.45) is 20.5. The van der Waals surface area contributed by atoms with E-state index in [0.29, 0.717) is 12.2 Å². The van der Waals surface area contributed by atoms with E-state index in [0.717, 1.165) is 37.9 Å². The van der Waals surface area contributed by atoms with Gasteiger partial charge in [-0.25, -0.2) is 0 Å². The van der Waals surface area contributed by atoms with Crippen LogP contribution in [-0.2, 0) is 9.47 Å². The van der Waals surface area contributed by atoms with Gasteiger partial charge in [-0.05, 0) is 68.6 Å². The molecular weight excluding hydrogens is 348 g/mol. The Labute approximate surface area is 174 Å². The largest absolute Gasteiger partial charge is 0.396 e. The monoisotopic (exact) mass is 394 g/mol. The Morgan fingerprint density at radius 3 is 2.39 bits per heavy atom. The van der Waals surface area contributed by atoms with Gasteiger partial charge in [0, 0.05) is 19.8 Å². The molecule has 0 aromatic rings. The van der Waals surface area contributed by atoms with E-state index < -0.39 is 0 Å². The van der Waals surface area contributed by atoms with Crippen molar-refractivity contribution in [1.82, 2.24) is 0 Å². The van der Waals surface area contributed by atoms with E-state index in [4.69, 9.17) is 9.47 Å². The zero-order valence-electron chi connectivity index (χ0n) is 18.8. The lowest BCUT2D eigenvalue weighted by Crippen LogP contribution is -2.26.